The molecule has 0 radical (unpaired) electrons. The van der Waals surface area contributed by atoms with Gasteiger partial charge in [0.15, 0.2) is 0 Å². The lowest BCUT2D eigenvalue weighted by molar-refractivity contribution is -0.0718. The lowest BCUT2D eigenvalue weighted by Crippen LogP contribution is -2.57. The number of piperazine rings is 1. The van der Waals surface area contributed by atoms with E-state index in [9.17, 15) is 4.79 Å². The molecule has 4 rings (SSSR count). The summed E-state index contributed by atoms with van der Waals surface area (Å²) >= 11 is 0. The van der Waals surface area contributed by atoms with Crippen LogP contribution in [0.5, 0.6) is 0 Å². The van der Waals surface area contributed by atoms with E-state index in [1.807, 2.05) is 19.1 Å². The van der Waals surface area contributed by atoms with Crippen LogP contribution < -0.4 is 5.32 Å². The van der Waals surface area contributed by atoms with Crippen LogP contribution in [0, 0.1) is 0 Å². The van der Waals surface area contributed by atoms with E-state index in [1.54, 1.807) is 0 Å². The first kappa shape index (κ1) is 14.2. The van der Waals surface area contributed by atoms with Crippen LogP contribution in [-0.2, 0) is 15.9 Å². The number of rotatable bonds is 1. The smallest absolute Gasteiger partial charge is 0.338 e. The van der Waals surface area contributed by atoms with Gasteiger partial charge in [-0.3, -0.25) is 4.90 Å². The van der Waals surface area contributed by atoms with Crippen molar-refractivity contribution in [2.45, 2.75) is 31.6 Å². The van der Waals surface area contributed by atoms with Crippen molar-refractivity contribution in [2.24, 2.45) is 0 Å². The second-order valence-electron chi connectivity index (χ2n) is 6.51. The largest absolute Gasteiger partial charge is 0.459 e. The lowest BCUT2D eigenvalue weighted by Gasteiger charge is -2.42. The van der Waals surface area contributed by atoms with E-state index in [1.165, 1.54) is 5.56 Å². The molecule has 1 aromatic carbocycles. The van der Waals surface area contributed by atoms with Gasteiger partial charge >= 0.3 is 5.97 Å². The van der Waals surface area contributed by atoms with Gasteiger partial charge in [0.2, 0.25) is 0 Å². The fourth-order valence-corrected chi connectivity index (χ4v) is 3.68. The SMILES string of the molecule is C[C@@H]1Cc2cc([C@H]3CN4CCNC[C@@H]4CO3)ccc2C(=O)O1. The molecule has 1 N–H and O–H groups in total. The molecule has 3 aliphatic rings. The van der Waals surface area contributed by atoms with Gasteiger partial charge in [0.1, 0.15) is 6.10 Å². The monoisotopic (exact) mass is 302 g/mol. The number of hydrogen-bond acceptors (Lipinski definition) is 5. The maximum atomic E-state index is 11.9. The number of esters is 1. The molecule has 0 spiro atoms. The molecule has 5 heteroatoms. The zero-order valence-corrected chi connectivity index (χ0v) is 12.9. The standard InChI is InChI=1S/C17H22N2O3/c1-11-6-13-7-12(2-3-15(13)17(20)22-11)16-9-19-5-4-18-8-14(19)10-21-16/h2-3,7,11,14,16,18H,4-6,8-10H2,1H3/t11-,14-,16-/m1/s1. The molecular weight excluding hydrogens is 280 g/mol. The zero-order chi connectivity index (χ0) is 15.1. The highest BCUT2D eigenvalue weighted by molar-refractivity contribution is 5.92. The summed E-state index contributed by atoms with van der Waals surface area (Å²) in [6.07, 6.45) is 0.853. The van der Waals surface area contributed by atoms with Gasteiger partial charge in [0, 0.05) is 38.6 Å². The Morgan fingerprint density at radius 2 is 2.27 bits per heavy atom. The maximum Gasteiger partial charge on any atom is 0.338 e. The normalized spacial score (nSPS) is 32.0. The third-order valence-electron chi connectivity index (χ3n) is 4.90. The van der Waals surface area contributed by atoms with Gasteiger partial charge < -0.3 is 14.8 Å². The van der Waals surface area contributed by atoms with Crippen molar-refractivity contribution in [1.82, 2.24) is 10.2 Å². The van der Waals surface area contributed by atoms with Gasteiger partial charge in [-0.05, 0) is 24.1 Å². The Morgan fingerprint density at radius 1 is 1.36 bits per heavy atom. The number of fused-ring (bicyclic) bond motifs is 2. The Labute approximate surface area is 130 Å². The molecule has 0 saturated carbocycles. The highest BCUT2D eigenvalue weighted by Gasteiger charge is 2.32. The Balaban J connectivity index is 1.56. The van der Waals surface area contributed by atoms with Crippen molar-refractivity contribution < 1.29 is 14.3 Å². The molecule has 0 aromatic heterocycles. The van der Waals surface area contributed by atoms with Crippen molar-refractivity contribution >= 4 is 5.97 Å². The molecule has 0 amide bonds. The Kier molecular flexibility index (Phi) is 3.64. The van der Waals surface area contributed by atoms with E-state index >= 15 is 0 Å². The minimum atomic E-state index is -0.202. The summed E-state index contributed by atoms with van der Waals surface area (Å²) in [5.41, 5.74) is 2.97. The zero-order valence-electron chi connectivity index (χ0n) is 12.9. The summed E-state index contributed by atoms with van der Waals surface area (Å²) in [4.78, 5) is 14.4. The van der Waals surface area contributed by atoms with Crippen molar-refractivity contribution in [1.29, 1.82) is 0 Å². The van der Waals surface area contributed by atoms with Gasteiger partial charge in [-0.1, -0.05) is 12.1 Å². The van der Waals surface area contributed by atoms with E-state index in [-0.39, 0.29) is 18.2 Å². The lowest BCUT2D eigenvalue weighted by atomic mass is 9.94. The second-order valence-corrected chi connectivity index (χ2v) is 6.51. The maximum absolute atomic E-state index is 11.9. The first-order chi connectivity index (χ1) is 10.7. The number of nitrogens with one attached hydrogen (secondary N) is 1. The molecule has 1 aromatic rings. The van der Waals surface area contributed by atoms with Gasteiger partial charge in [0.05, 0.1) is 18.3 Å². The number of ether oxygens (including phenoxy) is 2. The van der Waals surface area contributed by atoms with E-state index in [4.69, 9.17) is 9.47 Å². The fraction of sp³-hybridized carbons (Fsp3) is 0.588. The molecule has 0 aliphatic carbocycles. The van der Waals surface area contributed by atoms with Crippen molar-refractivity contribution in [3.63, 3.8) is 0 Å². The minimum absolute atomic E-state index is 0.0416. The predicted molar refractivity (Wildman–Crippen MR) is 81.9 cm³/mol. The highest BCUT2D eigenvalue weighted by atomic mass is 16.5. The fourth-order valence-electron chi connectivity index (χ4n) is 3.68. The third kappa shape index (κ3) is 2.53. The Bertz CT molecular complexity index is 589. The minimum Gasteiger partial charge on any atom is -0.459 e. The van der Waals surface area contributed by atoms with Crippen molar-refractivity contribution in [2.75, 3.05) is 32.8 Å². The third-order valence-corrected chi connectivity index (χ3v) is 4.90. The molecule has 0 bridgehead atoms. The van der Waals surface area contributed by atoms with E-state index in [0.29, 0.717) is 11.6 Å². The second kappa shape index (κ2) is 5.65. The van der Waals surface area contributed by atoms with Crippen LogP contribution >= 0.6 is 0 Å². The molecule has 5 nitrogen and oxygen atoms in total. The highest BCUT2D eigenvalue weighted by Crippen LogP contribution is 2.29. The first-order valence-corrected chi connectivity index (χ1v) is 8.11. The van der Waals surface area contributed by atoms with Crippen LogP contribution in [0.4, 0.5) is 0 Å². The average Bonchev–Trinajstić information content (AvgIpc) is 2.53. The first-order valence-electron chi connectivity index (χ1n) is 8.11. The number of nitrogens with zero attached hydrogens (tertiary/aromatic N) is 1. The topological polar surface area (TPSA) is 50.8 Å². The molecule has 2 saturated heterocycles. The van der Waals surface area contributed by atoms with Crippen LogP contribution in [0.15, 0.2) is 18.2 Å². The summed E-state index contributed by atoms with van der Waals surface area (Å²) in [5, 5.41) is 3.42. The molecule has 2 fully saturated rings. The number of benzene rings is 1. The van der Waals surface area contributed by atoms with E-state index in [2.05, 4.69) is 16.3 Å². The molecular formula is C17H22N2O3. The van der Waals surface area contributed by atoms with Gasteiger partial charge in [-0.15, -0.1) is 0 Å². The van der Waals surface area contributed by atoms with Crippen LogP contribution in [0.3, 0.4) is 0 Å². The molecule has 3 heterocycles. The number of carbonyl (C=O) groups excluding carboxylic acids is 1. The van der Waals surface area contributed by atoms with Crippen LogP contribution in [0.2, 0.25) is 0 Å². The van der Waals surface area contributed by atoms with Crippen molar-refractivity contribution in [3.8, 4) is 0 Å². The molecule has 3 atom stereocenters. The Hall–Kier alpha value is -1.43. The number of morpholine rings is 1. The number of cyclic esters (lactones) is 1. The van der Waals surface area contributed by atoms with Gasteiger partial charge in [-0.25, -0.2) is 4.79 Å². The van der Waals surface area contributed by atoms with E-state index < -0.39 is 0 Å². The van der Waals surface area contributed by atoms with Gasteiger partial charge in [-0.2, -0.15) is 0 Å². The molecule has 118 valence electrons. The molecule has 3 aliphatic heterocycles. The summed E-state index contributed by atoms with van der Waals surface area (Å²) in [5.74, 6) is -0.202. The quantitative estimate of drug-likeness (QED) is 0.788. The molecule has 0 unspecified atom stereocenters. The number of hydrogen-bond donors (Lipinski definition) is 1. The number of carbonyl (C=O) groups is 1. The van der Waals surface area contributed by atoms with E-state index in [0.717, 1.165) is 44.8 Å². The average molecular weight is 302 g/mol. The summed E-state index contributed by atoms with van der Waals surface area (Å²) in [6, 6.07) is 6.55. The van der Waals surface area contributed by atoms with Crippen molar-refractivity contribution in [3.05, 3.63) is 34.9 Å². The van der Waals surface area contributed by atoms with Gasteiger partial charge in [0.25, 0.3) is 0 Å². The molecule has 22 heavy (non-hydrogen) atoms. The Morgan fingerprint density at radius 3 is 3.18 bits per heavy atom. The predicted octanol–water partition coefficient (Wildman–Crippen LogP) is 1.13. The van der Waals surface area contributed by atoms with Crippen LogP contribution in [0.25, 0.3) is 0 Å². The summed E-state index contributed by atoms with van der Waals surface area (Å²) in [7, 11) is 0. The summed E-state index contributed by atoms with van der Waals surface area (Å²) in [6.45, 7) is 6.80. The summed E-state index contributed by atoms with van der Waals surface area (Å²) < 4.78 is 11.4. The van der Waals surface area contributed by atoms with Crippen LogP contribution in [0.1, 0.15) is 34.5 Å². The van der Waals surface area contributed by atoms with Crippen LogP contribution in [-0.4, -0.2) is 55.8 Å².